The quantitative estimate of drug-likeness (QED) is 0.787. The van der Waals surface area contributed by atoms with E-state index in [-0.39, 0.29) is 24.0 Å². The summed E-state index contributed by atoms with van der Waals surface area (Å²) in [5.74, 6) is -0.926. The van der Waals surface area contributed by atoms with Crippen LogP contribution < -0.4 is 10.6 Å². The molecule has 1 unspecified atom stereocenters. The Hall–Kier alpha value is -3.41. The number of nitrogens with zero attached hydrogens (tertiary/aromatic N) is 1. The molecule has 28 heavy (non-hydrogen) atoms. The van der Waals surface area contributed by atoms with Gasteiger partial charge in [-0.1, -0.05) is 48.0 Å². The van der Waals surface area contributed by atoms with Crippen LogP contribution in [0.5, 0.6) is 0 Å². The van der Waals surface area contributed by atoms with Crippen molar-refractivity contribution in [2.24, 2.45) is 5.92 Å². The van der Waals surface area contributed by atoms with Crippen molar-refractivity contribution in [3.05, 3.63) is 77.1 Å². The molecule has 2 aromatic rings. The zero-order valence-corrected chi connectivity index (χ0v) is 15.6. The van der Waals surface area contributed by atoms with E-state index in [4.69, 9.17) is 0 Å². The van der Waals surface area contributed by atoms with Crippen molar-refractivity contribution in [1.29, 1.82) is 0 Å². The van der Waals surface area contributed by atoms with E-state index in [1.165, 1.54) is 0 Å². The molecular weight excluding hydrogens is 354 g/mol. The van der Waals surface area contributed by atoms with Gasteiger partial charge < -0.3 is 10.6 Å². The number of hydrogen-bond donors (Lipinski definition) is 2. The van der Waals surface area contributed by atoms with Crippen LogP contribution in [0.25, 0.3) is 0 Å². The molecule has 0 aromatic heterocycles. The van der Waals surface area contributed by atoms with Gasteiger partial charge in [-0.05, 0) is 19.1 Å². The Labute approximate surface area is 163 Å². The molecule has 2 aliphatic rings. The van der Waals surface area contributed by atoms with E-state index in [2.05, 4.69) is 10.6 Å². The normalized spacial score (nSPS) is 18.1. The first-order valence-electron chi connectivity index (χ1n) is 9.30. The number of carbonyl (C=O) groups excluding carboxylic acids is 3. The van der Waals surface area contributed by atoms with Crippen molar-refractivity contribution in [2.75, 3.05) is 18.4 Å². The van der Waals surface area contributed by atoms with E-state index < -0.39 is 5.92 Å². The summed E-state index contributed by atoms with van der Waals surface area (Å²) in [6.45, 7) is 3.07. The summed E-state index contributed by atoms with van der Waals surface area (Å²) in [6.07, 6.45) is -0.0671. The summed E-state index contributed by atoms with van der Waals surface area (Å²) >= 11 is 0. The Kier molecular flexibility index (Phi) is 4.69. The summed E-state index contributed by atoms with van der Waals surface area (Å²) in [5, 5.41) is 5.94. The molecule has 6 heteroatoms. The van der Waals surface area contributed by atoms with Crippen LogP contribution in [0.4, 0.5) is 5.69 Å². The average Bonchev–Trinajstić information content (AvgIpc) is 3.26. The first kappa shape index (κ1) is 18.0. The number of Topliss-reactive ketones (excluding diaryl/α,β-unsaturated/α-hetero) is 1. The Morgan fingerprint density at radius 2 is 1.82 bits per heavy atom. The summed E-state index contributed by atoms with van der Waals surface area (Å²) in [4.78, 5) is 40.2. The minimum Gasteiger partial charge on any atom is -0.369 e. The Morgan fingerprint density at radius 3 is 2.54 bits per heavy atom. The summed E-state index contributed by atoms with van der Waals surface area (Å²) < 4.78 is 0. The SMILES string of the molecule is Cc1ccc(C(=O)C2=C3NCCN3C(=O)C2CC(=O)Nc2ccccc2)cc1. The van der Waals surface area contributed by atoms with Gasteiger partial charge in [-0.25, -0.2) is 0 Å². The van der Waals surface area contributed by atoms with Gasteiger partial charge in [0, 0.05) is 30.8 Å². The fourth-order valence-electron chi connectivity index (χ4n) is 3.67. The molecule has 2 aliphatic heterocycles. The van der Waals surface area contributed by atoms with Crippen LogP contribution in [0.3, 0.4) is 0 Å². The second-order valence-corrected chi connectivity index (χ2v) is 7.04. The number of carbonyl (C=O) groups is 3. The fraction of sp³-hybridized carbons (Fsp3) is 0.227. The monoisotopic (exact) mass is 375 g/mol. The molecule has 1 atom stereocenters. The lowest BCUT2D eigenvalue weighted by Crippen LogP contribution is -2.30. The second-order valence-electron chi connectivity index (χ2n) is 7.04. The summed E-state index contributed by atoms with van der Waals surface area (Å²) in [5.41, 5.74) is 2.62. The van der Waals surface area contributed by atoms with Gasteiger partial charge in [-0.2, -0.15) is 0 Å². The number of benzene rings is 2. The van der Waals surface area contributed by atoms with Crippen LogP contribution in [-0.4, -0.2) is 35.6 Å². The molecule has 4 rings (SSSR count). The Balaban J connectivity index is 1.60. The molecular formula is C22H21N3O3. The van der Waals surface area contributed by atoms with Crippen LogP contribution >= 0.6 is 0 Å². The number of amides is 2. The maximum atomic E-state index is 13.2. The predicted molar refractivity (Wildman–Crippen MR) is 105 cm³/mol. The lowest BCUT2D eigenvalue weighted by molar-refractivity contribution is -0.132. The maximum absolute atomic E-state index is 13.2. The van der Waals surface area contributed by atoms with Crippen LogP contribution in [0.2, 0.25) is 0 Å². The van der Waals surface area contributed by atoms with Crippen molar-refractivity contribution in [3.8, 4) is 0 Å². The van der Waals surface area contributed by atoms with Crippen molar-refractivity contribution in [1.82, 2.24) is 10.2 Å². The smallest absolute Gasteiger partial charge is 0.236 e. The van der Waals surface area contributed by atoms with Crippen molar-refractivity contribution >= 4 is 23.3 Å². The van der Waals surface area contributed by atoms with Gasteiger partial charge >= 0.3 is 0 Å². The van der Waals surface area contributed by atoms with E-state index >= 15 is 0 Å². The van der Waals surface area contributed by atoms with E-state index in [1.807, 2.05) is 37.3 Å². The molecule has 1 saturated heterocycles. The number of rotatable bonds is 5. The number of anilines is 1. The lowest BCUT2D eigenvalue weighted by Gasteiger charge is -2.14. The largest absolute Gasteiger partial charge is 0.369 e. The first-order valence-corrected chi connectivity index (χ1v) is 9.30. The molecule has 0 bridgehead atoms. The summed E-state index contributed by atoms with van der Waals surface area (Å²) in [7, 11) is 0. The molecule has 1 fully saturated rings. The number of fused-ring (bicyclic) bond motifs is 1. The third-order valence-electron chi connectivity index (χ3n) is 5.07. The van der Waals surface area contributed by atoms with Crippen LogP contribution in [0.15, 0.2) is 66.0 Å². The fourth-order valence-corrected chi connectivity index (χ4v) is 3.67. The number of hydrogen-bond acceptors (Lipinski definition) is 4. The van der Waals surface area contributed by atoms with Gasteiger partial charge in [0.1, 0.15) is 5.82 Å². The van der Waals surface area contributed by atoms with Crippen LogP contribution in [-0.2, 0) is 9.59 Å². The molecule has 2 N–H and O–H groups in total. The van der Waals surface area contributed by atoms with Gasteiger partial charge in [0.2, 0.25) is 11.8 Å². The molecule has 0 radical (unpaired) electrons. The van der Waals surface area contributed by atoms with E-state index in [1.54, 1.807) is 29.2 Å². The van der Waals surface area contributed by atoms with Crippen LogP contribution in [0.1, 0.15) is 22.3 Å². The highest BCUT2D eigenvalue weighted by atomic mass is 16.2. The average molecular weight is 375 g/mol. The van der Waals surface area contributed by atoms with Crippen molar-refractivity contribution < 1.29 is 14.4 Å². The zero-order chi connectivity index (χ0) is 19.7. The van der Waals surface area contributed by atoms with Gasteiger partial charge in [0.25, 0.3) is 0 Å². The highest BCUT2D eigenvalue weighted by molar-refractivity contribution is 6.15. The van der Waals surface area contributed by atoms with E-state index in [0.717, 1.165) is 5.56 Å². The third-order valence-corrected chi connectivity index (χ3v) is 5.07. The van der Waals surface area contributed by atoms with Crippen molar-refractivity contribution in [3.63, 3.8) is 0 Å². The number of para-hydroxylation sites is 1. The minimum atomic E-state index is -0.777. The third kappa shape index (κ3) is 3.29. The molecule has 2 amide bonds. The number of nitrogens with one attached hydrogen (secondary N) is 2. The standard InChI is InChI=1S/C22H21N3O3/c1-14-7-9-15(10-8-14)20(27)19-17(22(28)25-12-11-23-21(19)25)13-18(26)24-16-5-3-2-4-6-16/h2-10,17,23H,11-13H2,1H3,(H,24,26). The number of aryl methyl sites for hydroxylation is 1. The molecule has 2 aromatic carbocycles. The van der Waals surface area contributed by atoms with E-state index in [0.29, 0.717) is 35.7 Å². The molecule has 6 nitrogen and oxygen atoms in total. The second kappa shape index (κ2) is 7.31. The van der Waals surface area contributed by atoms with E-state index in [9.17, 15) is 14.4 Å². The molecule has 2 heterocycles. The van der Waals surface area contributed by atoms with Crippen LogP contribution in [0, 0.1) is 12.8 Å². The highest BCUT2D eigenvalue weighted by Crippen LogP contribution is 2.35. The zero-order valence-electron chi connectivity index (χ0n) is 15.6. The molecule has 0 saturated carbocycles. The lowest BCUT2D eigenvalue weighted by atomic mass is 9.90. The predicted octanol–water partition coefficient (Wildman–Crippen LogP) is 2.48. The van der Waals surface area contributed by atoms with Gasteiger partial charge in [-0.15, -0.1) is 0 Å². The topological polar surface area (TPSA) is 78.5 Å². The van der Waals surface area contributed by atoms with Gasteiger partial charge in [0.05, 0.1) is 11.5 Å². The van der Waals surface area contributed by atoms with Gasteiger partial charge in [-0.3, -0.25) is 19.3 Å². The Morgan fingerprint density at radius 1 is 1.11 bits per heavy atom. The molecule has 142 valence electrons. The van der Waals surface area contributed by atoms with Gasteiger partial charge in [0.15, 0.2) is 5.78 Å². The molecule has 0 aliphatic carbocycles. The summed E-state index contributed by atoms with van der Waals surface area (Å²) in [6, 6.07) is 16.3. The van der Waals surface area contributed by atoms with Crippen molar-refractivity contribution in [2.45, 2.75) is 13.3 Å². The number of ketones is 1. The molecule has 0 spiro atoms. The Bertz CT molecular complexity index is 964. The maximum Gasteiger partial charge on any atom is 0.236 e. The highest BCUT2D eigenvalue weighted by Gasteiger charge is 2.45. The first-order chi connectivity index (χ1) is 13.5. The minimum absolute atomic E-state index is 0.0671.